The Kier molecular flexibility index (Phi) is 3.84. The maximum Gasteiger partial charge on any atom is 0.325 e. The first-order chi connectivity index (χ1) is 10.0. The van der Waals surface area contributed by atoms with Gasteiger partial charge in [0.15, 0.2) is 0 Å². The fourth-order valence-electron chi connectivity index (χ4n) is 3.28. The smallest absolute Gasteiger partial charge is 0.305 e. The summed E-state index contributed by atoms with van der Waals surface area (Å²) in [7, 11) is 0. The van der Waals surface area contributed by atoms with Crippen molar-refractivity contribution < 1.29 is 9.59 Å². The Bertz CT molecular complexity index is 597. The van der Waals surface area contributed by atoms with Gasteiger partial charge in [-0.2, -0.15) is 0 Å². The van der Waals surface area contributed by atoms with Crippen molar-refractivity contribution in [2.75, 3.05) is 0 Å². The van der Waals surface area contributed by atoms with Crippen molar-refractivity contribution in [2.45, 2.75) is 44.2 Å². The van der Waals surface area contributed by atoms with Crippen LogP contribution in [-0.2, 0) is 11.3 Å². The standard InChI is InChI=1S/C15H16Cl2N2O2/c16-11-5-4-10(8-12(11)17)9-19-14(21)18-13(20)15(19)6-2-1-3-7-15/h4-5,8H,1-3,6-7,9H2,(H,18,20,21). The van der Waals surface area contributed by atoms with Gasteiger partial charge in [-0.05, 0) is 30.5 Å². The van der Waals surface area contributed by atoms with E-state index in [0.717, 1.165) is 37.7 Å². The van der Waals surface area contributed by atoms with E-state index in [9.17, 15) is 9.59 Å². The molecule has 1 aliphatic heterocycles. The molecule has 1 saturated heterocycles. The summed E-state index contributed by atoms with van der Waals surface area (Å²) in [6.45, 7) is 0.370. The highest BCUT2D eigenvalue weighted by Gasteiger charge is 2.52. The summed E-state index contributed by atoms with van der Waals surface area (Å²) in [5.41, 5.74) is 0.195. The summed E-state index contributed by atoms with van der Waals surface area (Å²) < 4.78 is 0. The molecule has 0 unspecified atom stereocenters. The second-order valence-corrected chi connectivity index (χ2v) is 6.50. The van der Waals surface area contributed by atoms with Crippen molar-refractivity contribution in [3.63, 3.8) is 0 Å². The zero-order valence-electron chi connectivity index (χ0n) is 11.5. The number of nitrogens with one attached hydrogen (secondary N) is 1. The van der Waals surface area contributed by atoms with Crippen LogP contribution < -0.4 is 5.32 Å². The molecule has 3 amide bonds. The van der Waals surface area contributed by atoms with Crippen LogP contribution in [0.15, 0.2) is 18.2 Å². The Labute approximate surface area is 133 Å². The van der Waals surface area contributed by atoms with Gasteiger partial charge in [-0.1, -0.05) is 48.5 Å². The first-order valence-corrected chi connectivity index (χ1v) is 7.85. The van der Waals surface area contributed by atoms with E-state index in [4.69, 9.17) is 23.2 Å². The van der Waals surface area contributed by atoms with E-state index in [-0.39, 0.29) is 11.9 Å². The molecule has 1 spiro atoms. The molecule has 2 aliphatic rings. The van der Waals surface area contributed by atoms with Gasteiger partial charge >= 0.3 is 6.03 Å². The summed E-state index contributed by atoms with van der Waals surface area (Å²) in [6, 6.07) is 4.98. The number of carbonyl (C=O) groups is 2. The van der Waals surface area contributed by atoms with Gasteiger partial charge in [0.1, 0.15) is 5.54 Å². The van der Waals surface area contributed by atoms with Crippen molar-refractivity contribution in [1.82, 2.24) is 10.2 Å². The van der Waals surface area contributed by atoms with Gasteiger partial charge in [-0.3, -0.25) is 10.1 Å². The SMILES string of the molecule is O=C1NC(=O)C2(CCCCC2)N1Cc1ccc(Cl)c(Cl)c1. The second-order valence-electron chi connectivity index (χ2n) is 5.69. The molecule has 0 atom stereocenters. The third-order valence-corrected chi connectivity index (χ3v) is 5.15. The van der Waals surface area contributed by atoms with E-state index in [2.05, 4.69) is 5.32 Å². The molecular formula is C15H16Cl2N2O2. The van der Waals surface area contributed by atoms with Crippen LogP contribution in [0.25, 0.3) is 0 Å². The van der Waals surface area contributed by atoms with Gasteiger partial charge in [-0.25, -0.2) is 4.79 Å². The van der Waals surface area contributed by atoms with Crippen LogP contribution in [0.2, 0.25) is 10.0 Å². The number of urea groups is 1. The van der Waals surface area contributed by atoms with E-state index in [1.807, 2.05) is 6.07 Å². The number of imide groups is 1. The molecule has 1 aromatic rings. The lowest BCUT2D eigenvalue weighted by molar-refractivity contribution is -0.128. The summed E-state index contributed by atoms with van der Waals surface area (Å²) in [5, 5.41) is 3.40. The van der Waals surface area contributed by atoms with Crippen molar-refractivity contribution >= 4 is 35.1 Å². The van der Waals surface area contributed by atoms with Crippen molar-refractivity contribution in [3.05, 3.63) is 33.8 Å². The monoisotopic (exact) mass is 326 g/mol. The molecule has 1 heterocycles. The molecule has 3 rings (SSSR count). The van der Waals surface area contributed by atoms with E-state index in [1.165, 1.54) is 0 Å². The fourth-order valence-corrected chi connectivity index (χ4v) is 3.60. The van der Waals surface area contributed by atoms with Crippen LogP contribution in [0.4, 0.5) is 4.79 Å². The van der Waals surface area contributed by atoms with Gasteiger partial charge in [-0.15, -0.1) is 0 Å². The predicted molar refractivity (Wildman–Crippen MR) is 81.4 cm³/mol. The Morgan fingerprint density at radius 3 is 2.48 bits per heavy atom. The van der Waals surface area contributed by atoms with Crippen LogP contribution in [0.3, 0.4) is 0 Å². The summed E-state index contributed by atoms with van der Waals surface area (Å²) >= 11 is 11.9. The van der Waals surface area contributed by atoms with Gasteiger partial charge in [0.2, 0.25) is 0 Å². The number of benzene rings is 1. The van der Waals surface area contributed by atoms with Crippen molar-refractivity contribution in [1.29, 1.82) is 0 Å². The first kappa shape index (κ1) is 14.7. The molecule has 1 aliphatic carbocycles. The Balaban J connectivity index is 1.89. The lowest BCUT2D eigenvalue weighted by atomic mass is 9.80. The number of carbonyl (C=O) groups excluding carboxylic acids is 2. The van der Waals surface area contributed by atoms with Gasteiger partial charge < -0.3 is 4.90 Å². The lowest BCUT2D eigenvalue weighted by Crippen LogP contribution is -2.50. The van der Waals surface area contributed by atoms with E-state index >= 15 is 0 Å². The van der Waals surface area contributed by atoms with Crippen LogP contribution >= 0.6 is 23.2 Å². The maximum atomic E-state index is 12.3. The Morgan fingerprint density at radius 2 is 1.81 bits per heavy atom. The number of rotatable bonds is 2. The summed E-state index contributed by atoms with van der Waals surface area (Å²) in [4.78, 5) is 26.1. The largest absolute Gasteiger partial charge is 0.325 e. The van der Waals surface area contributed by atoms with E-state index in [0.29, 0.717) is 16.6 Å². The van der Waals surface area contributed by atoms with Gasteiger partial charge in [0.25, 0.3) is 5.91 Å². The van der Waals surface area contributed by atoms with E-state index in [1.54, 1.807) is 17.0 Å². The lowest BCUT2D eigenvalue weighted by Gasteiger charge is -2.38. The topological polar surface area (TPSA) is 49.4 Å². The normalized spacial score (nSPS) is 21.0. The molecule has 2 fully saturated rings. The summed E-state index contributed by atoms with van der Waals surface area (Å²) in [5.74, 6) is -0.160. The number of hydrogen-bond acceptors (Lipinski definition) is 2. The molecule has 1 saturated carbocycles. The van der Waals surface area contributed by atoms with Crippen LogP contribution in [0, 0.1) is 0 Å². The number of amides is 3. The van der Waals surface area contributed by atoms with Crippen molar-refractivity contribution in [3.8, 4) is 0 Å². The molecule has 1 N–H and O–H groups in total. The van der Waals surface area contributed by atoms with Gasteiger partial charge in [0, 0.05) is 6.54 Å². The second kappa shape index (κ2) is 5.50. The van der Waals surface area contributed by atoms with Crippen molar-refractivity contribution in [2.24, 2.45) is 0 Å². The summed E-state index contributed by atoms with van der Waals surface area (Å²) in [6.07, 6.45) is 4.51. The first-order valence-electron chi connectivity index (χ1n) is 7.10. The number of halogens is 2. The third-order valence-electron chi connectivity index (χ3n) is 4.41. The fraction of sp³-hybridized carbons (Fsp3) is 0.467. The molecule has 0 aromatic heterocycles. The predicted octanol–water partition coefficient (Wildman–Crippen LogP) is 3.75. The highest BCUT2D eigenvalue weighted by molar-refractivity contribution is 6.42. The number of nitrogens with zero attached hydrogens (tertiary/aromatic N) is 1. The number of hydrogen-bond donors (Lipinski definition) is 1. The molecule has 0 bridgehead atoms. The zero-order valence-corrected chi connectivity index (χ0v) is 13.0. The maximum absolute atomic E-state index is 12.3. The quantitative estimate of drug-likeness (QED) is 0.841. The molecule has 0 radical (unpaired) electrons. The van der Waals surface area contributed by atoms with Crippen LogP contribution in [0.5, 0.6) is 0 Å². The molecule has 21 heavy (non-hydrogen) atoms. The minimum absolute atomic E-state index is 0.160. The Morgan fingerprint density at radius 1 is 1.10 bits per heavy atom. The highest BCUT2D eigenvalue weighted by atomic mass is 35.5. The molecule has 112 valence electrons. The zero-order chi connectivity index (χ0) is 15.0. The van der Waals surface area contributed by atoms with Crippen LogP contribution in [0.1, 0.15) is 37.7 Å². The minimum atomic E-state index is -0.679. The van der Waals surface area contributed by atoms with Crippen LogP contribution in [-0.4, -0.2) is 22.4 Å². The minimum Gasteiger partial charge on any atom is -0.305 e. The Hall–Kier alpha value is -1.26. The average Bonchev–Trinajstić information content (AvgIpc) is 2.68. The van der Waals surface area contributed by atoms with Gasteiger partial charge in [0.05, 0.1) is 10.0 Å². The third kappa shape index (κ3) is 2.51. The molecule has 4 nitrogen and oxygen atoms in total. The molecule has 6 heteroatoms. The molecular weight excluding hydrogens is 311 g/mol. The average molecular weight is 327 g/mol. The molecule has 1 aromatic carbocycles. The highest BCUT2D eigenvalue weighted by Crippen LogP contribution is 2.38. The van der Waals surface area contributed by atoms with E-state index < -0.39 is 5.54 Å².